The van der Waals surface area contributed by atoms with E-state index in [0.717, 1.165) is 11.8 Å². The Morgan fingerprint density at radius 3 is 2.73 bits per heavy atom. The van der Waals surface area contributed by atoms with Crippen LogP contribution in [0.15, 0.2) is 35.2 Å². The molecule has 3 aromatic heterocycles. The molecule has 0 saturated heterocycles. The van der Waals surface area contributed by atoms with Crippen LogP contribution in [0.4, 0.5) is 17.5 Å². The van der Waals surface area contributed by atoms with E-state index in [1.54, 1.807) is 18.5 Å². The standard InChI is InChI=1S/C15H16N8O3/c1-8(2)11(19-15-18-7-10(23(24)25)12(16)20-15)14-21-13(22-26-14)9-4-3-5-17-6-9/h3-8,11H,1-2H3,(H3,16,18,19,20). The maximum absolute atomic E-state index is 10.8. The van der Waals surface area contributed by atoms with Gasteiger partial charge in [-0.05, 0) is 18.1 Å². The molecule has 3 aromatic rings. The Balaban J connectivity index is 1.85. The van der Waals surface area contributed by atoms with Gasteiger partial charge in [-0.2, -0.15) is 9.97 Å². The molecule has 0 radical (unpaired) electrons. The lowest BCUT2D eigenvalue weighted by Crippen LogP contribution is -2.19. The van der Waals surface area contributed by atoms with Crippen molar-refractivity contribution in [3.63, 3.8) is 0 Å². The van der Waals surface area contributed by atoms with Crippen LogP contribution in [0.5, 0.6) is 0 Å². The number of anilines is 2. The summed E-state index contributed by atoms with van der Waals surface area (Å²) in [6.07, 6.45) is 4.34. The molecule has 0 aliphatic rings. The van der Waals surface area contributed by atoms with Gasteiger partial charge in [0.25, 0.3) is 0 Å². The van der Waals surface area contributed by atoms with Crippen LogP contribution in [-0.4, -0.2) is 30.0 Å². The summed E-state index contributed by atoms with van der Waals surface area (Å²) in [4.78, 5) is 26.4. The third-order valence-electron chi connectivity index (χ3n) is 3.57. The predicted molar refractivity (Wildman–Crippen MR) is 91.8 cm³/mol. The molecule has 1 atom stereocenters. The van der Waals surface area contributed by atoms with Gasteiger partial charge in [0.2, 0.25) is 23.5 Å². The van der Waals surface area contributed by atoms with E-state index in [2.05, 4.69) is 30.4 Å². The number of nitro groups is 1. The highest BCUT2D eigenvalue weighted by Gasteiger charge is 2.25. The van der Waals surface area contributed by atoms with Crippen LogP contribution in [0, 0.1) is 16.0 Å². The van der Waals surface area contributed by atoms with Gasteiger partial charge in [-0.1, -0.05) is 19.0 Å². The normalized spacial score (nSPS) is 12.1. The third kappa shape index (κ3) is 3.55. The summed E-state index contributed by atoms with van der Waals surface area (Å²) in [5.74, 6) is 0.686. The molecule has 0 spiro atoms. The first-order valence-corrected chi connectivity index (χ1v) is 7.73. The molecule has 3 rings (SSSR count). The zero-order valence-corrected chi connectivity index (χ0v) is 14.0. The number of nitrogens with zero attached hydrogens (tertiary/aromatic N) is 6. The minimum Gasteiger partial charge on any atom is -0.378 e. The molecule has 134 valence electrons. The highest BCUT2D eigenvalue weighted by atomic mass is 16.6. The zero-order valence-electron chi connectivity index (χ0n) is 14.0. The van der Waals surface area contributed by atoms with Gasteiger partial charge in [-0.25, -0.2) is 4.98 Å². The topological polar surface area (TPSA) is 159 Å². The monoisotopic (exact) mass is 356 g/mol. The molecule has 0 saturated carbocycles. The predicted octanol–water partition coefficient (Wildman–Crippen LogP) is 2.22. The number of aromatic nitrogens is 5. The molecule has 26 heavy (non-hydrogen) atoms. The Morgan fingerprint density at radius 2 is 2.12 bits per heavy atom. The summed E-state index contributed by atoms with van der Waals surface area (Å²) in [5, 5.41) is 17.8. The van der Waals surface area contributed by atoms with Gasteiger partial charge in [0.05, 0.1) is 4.92 Å². The molecule has 11 nitrogen and oxygen atoms in total. The van der Waals surface area contributed by atoms with E-state index in [1.807, 2.05) is 19.9 Å². The van der Waals surface area contributed by atoms with Gasteiger partial charge in [0, 0.05) is 18.0 Å². The maximum atomic E-state index is 10.8. The summed E-state index contributed by atoms with van der Waals surface area (Å²) >= 11 is 0. The lowest BCUT2D eigenvalue weighted by molar-refractivity contribution is -0.384. The molecule has 1 unspecified atom stereocenters. The third-order valence-corrected chi connectivity index (χ3v) is 3.57. The highest BCUT2D eigenvalue weighted by Crippen LogP contribution is 2.27. The van der Waals surface area contributed by atoms with Gasteiger partial charge in [0.15, 0.2) is 0 Å². The Bertz CT molecular complexity index is 912. The summed E-state index contributed by atoms with van der Waals surface area (Å²) < 4.78 is 5.36. The number of rotatable bonds is 6. The summed E-state index contributed by atoms with van der Waals surface area (Å²) in [6.45, 7) is 3.89. The molecule has 11 heteroatoms. The Kier molecular flexibility index (Phi) is 4.69. The van der Waals surface area contributed by atoms with Crippen molar-refractivity contribution >= 4 is 17.5 Å². The van der Waals surface area contributed by atoms with Crippen LogP contribution in [0.2, 0.25) is 0 Å². The van der Waals surface area contributed by atoms with Crippen molar-refractivity contribution in [3.8, 4) is 11.4 Å². The second-order valence-corrected chi connectivity index (χ2v) is 5.79. The van der Waals surface area contributed by atoms with Crippen LogP contribution in [-0.2, 0) is 0 Å². The lowest BCUT2D eigenvalue weighted by Gasteiger charge is -2.18. The van der Waals surface area contributed by atoms with E-state index in [0.29, 0.717) is 11.7 Å². The van der Waals surface area contributed by atoms with Crippen LogP contribution >= 0.6 is 0 Å². The van der Waals surface area contributed by atoms with E-state index in [9.17, 15) is 10.1 Å². The first-order valence-electron chi connectivity index (χ1n) is 7.73. The largest absolute Gasteiger partial charge is 0.378 e. The highest BCUT2D eigenvalue weighted by molar-refractivity contribution is 5.54. The first-order chi connectivity index (χ1) is 12.5. The number of nitrogens with two attached hydrogens (primary N) is 1. The Labute approximate surface area is 147 Å². The molecule has 3 N–H and O–H groups in total. The summed E-state index contributed by atoms with van der Waals surface area (Å²) in [7, 11) is 0. The number of nitrogen functional groups attached to an aromatic ring is 1. The van der Waals surface area contributed by atoms with Gasteiger partial charge in [-0.3, -0.25) is 15.1 Å². The van der Waals surface area contributed by atoms with E-state index < -0.39 is 11.0 Å². The van der Waals surface area contributed by atoms with Crippen LogP contribution in [0.1, 0.15) is 25.8 Å². The van der Waals surface area contributed by atoms with Crippen molar-refractivity contribution in [3.05, 3.63) is 46.7 Å². The first kappa shape index (κ1) is 17.2. The lowest BCUT2D eigenvalue weighted by atomic mass is 10.0. The van der Waals surface area contributed by atoms with Crippen molar-refractivity contribution in [2.24, 2.45) is 5.92 Å². The molecule has 0 aromatic carbocycles. The number of hydrogen-bond donors (Lipinski definition) is 2. The molecule has 0 bridgehead atoms. The van der Waals surface area contributed by atoms with E-state index in [4.69, 9.17) is 10.3 Å². The molecular formula is C15H16N8O3. The minimum absolute atomic E-state index is 0.0391. The van der Waals surface area contributed by atoms with Crippen molar-refractivity contribution in [1.82, 2.24) is 25.1 Å². The maximum Gasteiger partial charge on any atom is 0.329 e. The molecule has 3 heterocycles. The Morgan fingerprint density at radius 1 is 1.31 bits per heavy atom. The number of hydrogen-bond acceptors (Lipinski definition) is 10. The van der Waals surface area contributed by atoms with Gasteiger partial charge in [0.1, 0.15) is 12.2 Å². The smallest absolute Gasteiger partial charge is 0.329 e. The van der Waals surface area contributed by atoms with E-state index >= 15 is 0 Å². The zero-order chi connectivity index (χ0) is 18.7. The second-order valence-electron chi connectivity index (χ2n) is 5.79. The van der Waals surface area contributed by atoms with Crippen LogP contribution in [0.25, 0.3) is 11.4 Å². The number of pyridine rings is 1. The molecule has 0 amide bonds. The average molecular weight is 356 g/mol. The molecular weight excluding hydrogens is 340 g/mol. The minimum atomic E-state index is -0.642. The van der Waals surface area contributed by atoms with Crippen molar-refractivity contribution in [1.29, 1.82) is 0 Å². The van der Waals surface area contributed by atoms with E-state index in [1.165, 1.54) is 0 Å². The second kappa shape index (κ2) is 7.09. The van der Waals surface area contributed by atoms with Gasteiger partial charge < -0.3 is 15.6 Å². The van der Waals surface area contributed by atoms with Crippen molar-refractivity contribution < 1.29 is 9.45 Å². The summed E-state index contributed by atoms with van der Waals surface area (Å²) in [5.41, 5.74) is 5.97. The quantitative estimate of drug-likeness (QED) is 0.495. The molecule has 0 fully saturated rings. The Hall–Kier alpha value is -3.63. The fourth-order valence-corrected chi connectivity index (χ4v) is 2.23. The molecule has 0 aliphatic heterocycles. The van der Waals surface area contributed by atoms with Gasteiger partial charge >= 0.3 is 5.69 Å². The molecule has 0 aliphatic carbocycles. The van der Waals surface area contributed by atoms with Crippen molar-refractivity contribution in [2.75, 3.05) is 11.1 Å². The number of nitrogens with one attached hydrogen (secondary N) is 1. The average Bonchev–Trinajstić information content (AvgIpc) is 3.09. The van der Waals surface area contributed by atoms with Crippen LogP contribution < -0.4 is 11.1 Å². The van der Waals surface area contributed by atoms with Crippen LogP contribution in [0.3, 0.4) is 0 Å². The van der Waals surface area contributed by atoms with E-state index in [-0.39, 0.29) is 23.4 Å². The SMILES string of the molecule is CC(C)C(Nc1ncc([N+](=O)[O-])c(N)n1)c1nc(-c2cccnc2)no1. The summed E-state index contributed by atoms with van der Waals surface area (Å²) in [6, 6.07) is 3.19. The fraction of sp³-hybridized carbons (Fsp3) is 0.267. The van der Waals surface area contributed by atoms with Crippen molar-refractivity contribution in [2.45, 2.75) is 19.9 Å². The van der Waals surface area contributed by atoms with Gasteiger partial charge in [-0.15, -0.1) is 0 Å². The fourth-order valence-electron chi connectivity index (χ4n) is 2.23.